The number of piperazine rings is 1. The number of benzene rings is 1. The van der Waals surface area contributed by atoms with Crippen molar-refractivity contribution in [2.45, 2.75) is 44.8 Å². The van der Waals surface area contributed by atoms with Crippen LogP contribution in [0.15, 0.2) is 24.3 Å². The Kier molecular flexibility index (Phi) is 5.80. The van der Waals surface area contributed by atoms with Gasteiger partial charge < -0.3 is 15.4 Å². The molecule has 1 atom stereocenters. The molecule has 2 aromatic rings. The molecule has 8 heteroatoms. The van der Waals surface area contributed by atoms with E-state index in [1.807, 2.05) is 24.3 Å². The third-order valence-corrected chi connectivity index (χ3v) is 5.69. The molecular weight excluding hydrogens is 370 g/mol. The number of carbonyl (C=O) groups excluding carboxylic acids is 2. The SMILES string of the molecule is COc1cccc(CN2CCNC(=O)C2CC(=O)NCc2n[nH]c3c2CCC3)c1. The first-order valence-corrected chi connectivity index (χ1v) is 10.1. The van der Waals surface area contributed by atoms with E-state index in [0.29, 0.717) is 26.2 Å². The molecule has 2 aliphatic rings. The Hall–Kier alpha value is -2.87. The van der Waals surface area contributed by atoms with Crippen molar-refractivity contribution < 1.29 is 14.3 Å². The maximum atomic E-state index is 12.6. The molecule has 1 aromatic carbocycles. The van der Waals surface area contributed by atoms with Gasteiger partial charge in [0.2, 0.25) is 11.8 Å². The van der Waals surface area contributed by atoms with E-state index >= 15 is 0 Å². The number of amides is 2. The number of nitrogens with one attached hydrogen (secondary N) is 3. The van der Waals surface area contributed by atoms with E-state index in [1.54, 1.807) is 7.11 Å². The Morgan fingerprint density at radius 1 is 1.38 bits per heavy atom. The van der Waals surface area contributed by atoms with E-state index in [9.17, 15) is 9.59 Å². The third-order valence-electron chi connectivity index (χ3n) is 5.69. The molecule has 29 heavy (non-hydrogen) atoms. The van der Waals surface area contributed by atoms with Gasteiger partial charge in [-0.15, -0.1) is 0 Å². The van der Waals surface area contributed by atoms with Crippen LogP contribution in [0.1, 0.15) is 35.4 Å². The van der Waals surface area contributed by atoms with Crippen LogP contribution >= 0.6 is 0 Å². The lowest BCUT2D eigenvalue weighted by Gasteiger charge is -2.34. The number of aryl methyl sites for hydroxylation is 1. The zero-order valence-corrected chi connectivity index (χ0v) is 16.7. The number of fused-ring (bicyclic) bond motifs is 1. The second-order valence-corrected chi connectivity index (χ2v) is 7.59. The zero-order chi connectivity index (χ0) is 20.2. The number of aromatic nitrogens is 2. The largest absolute Gasteiger partial charge is 0.497 e. The number of nitrogens with zero attached hydrogens (tertiary/aromatic N) is 2. The summed E-state index contributed by atoms with van der Waals surface area (Å²) in [7, 11) is 1.63. The summed E-state index contributed by atoms with van der Waals surface area (Å²) in [5, 5.41) is 13.2. The van der Waals surface area contributed by atoms with Crippen molar-refractivity contribution >= 4 is 11.8 Å². The highest BCUT2D eigenvalue weighted by Gasteiger charge is 2.31. The van der Waals surface area contributed by atoms with Gasteiger partial charge in [-0.05, 0) is 42.5 Å². The summed E-state index contributed by atoms with van der Waals surface area (Å²) in [6.45, 7) is 2.28. The first-order chi connectivity index (χ1) is 14.1. The summed E-state index contributed by atoms with van der Waals surface area (Å²) in [6.07, 6.45) is 3.29. The molecule has 3 N–H and O–H groups in total. The molecule has 0 saturated carbocycles. The topological polar surface area (TPSA) is 99.3 Å². The van der Waals surface area contributed by atoms with E-state index in [-0.39, 0.29) is 18.2 Å². The summed E-state index contributed by atoms with van der Waals surface area (Å²) in [5.74, 6) is 0.539. The third kappa shape index (κ3) is 4.42. The molecule has 2 heterocycles. The molecule has 2 amide bonds. The average molecular weight is 397 g/mol. The Labute approximate surface area is 170 Å². The fourth-order valence-corrected chi connectivity index (χ4v) is 4.14. The zero-order valence-electron chi connectivity index (χ0n) is 16.7. The quantitative estimate of drug-likeness (QED) is 0.645. The van der Waals surface area contributed by atoms with Crippen molar-refractivity contribution in [3.8, 4) is 5.75 Å². The number of hydrogen-bond donors (Lipinski definition) is 3. The Morgan fingerprint density at radius 2 is 2.28 bits per heavy atom. The fraction of sp³-hybridized carbons (Fsp3) is 0.476. The van der Waals surface area contributed by atoms with Crippen LogP contribution in [0, 0.1) is 0 Å². The van der Waals surface area contributed by atoms with Gasteiger partial charge in [-0.3, -0.25) is 19.6 Å². The van der Waals surface area contributed by atoms with Crippen molar-refractivity contribution in [3.05, 3.63) is 46.8 Å². The van der Waals surface area contributed by atoms with E-state index in [2.05, 4.69) is 25.7 Å². The van der Waals surface area contributed by atoms with Crippen LogP contribution < -0.4 is 15.4 Å². The molecule has 8 nitrogen and oxygen atoms in total. The van der Waals surface area contributed by atoms with Gasteiger partial charge in [0.1, 0.15) is 5.75 Å². The molecule has 0 radical (unpaired) electrons. The monoisotopic (exact) mass is 397 g/mol. The summed E-state index contributed by atoms with van der Waals surface area (Å²) < 4.78 is 5.29. The molecule has 1 fully saturated rings. The van der Waals surface area contributed by atoms with Gasteiger partial charge >= 0.3 is 0 Å². The summed E-state index contributed by atoms with van der Waals surface area (Å²) in [6, 6.07) is 7.30. The number of rotatable bonds is 7. The molecular formula is C21H27N5O3. The standard InChI is InChI=1S/C21H27N5O3/c1-29-15-5-2-4-14(10-15)13-26-9-8-22-21(28)19(26)11-20(27)23-12-18-16-6-3-7-17(16)24-25-18/h2,4-5,10,19H,3,6-9,11-13H2,1H3,(H,22,28)(H,23,27)(H,24,25). The van der Waals surface area contributed by atoms with Crippen molar-refractivity contribution in [2.75, 3.05) is 20.2 Å². The van der Waals surface area contributed by atoms with Crippen LogP contribution in [-0.4, -0.2) is 53.2 Å². The minimum Gasteiger partial charge on any atom is -0.497 e. The van der Waals surface area contributed by atoms with Gasteiger partial charge in [-0.2, -0.15) is 5.10 Å². The second-order valence-electron chi connectivity index (χ2n) is 7.59. The number of carbonyl (C=O) groups is 2. The molecule has 4 rings (SSSR count). The number of ether oxygens (including phenoxy) is 1. The molecule has 1 aliphatic carbocycles. The summed E-state index contributed by atoms with van der Waals surface area (Å²) >= 11 is 0. The highest BCUT2D eigenvalue weighted by atomic mass is 16.5. The molecule has 1 aromatic heterocycles. The van der Waals surface area contributed by atoms with Crippen LogP contribution in [0.2, 0.25) is 0 Å². The predicted molar refractivity (Wildman–Crippen MR) is 107 cm³/mol. The highest BCUT2D eigenvalue weighted by molar-refractivity contribution is 5.88. The predicted octanol–water partition coefficient (Wildman–Crippen LogP) is 0.914. The molecule has 0 spiro atoms. The summed E-state index contributed by atoms with van der Waals surface area (Å²) in [5.41, 5.74) is 4.38. The second kappa shape index (κ2) is 8.65. The van der Waals surface area contributed by atoms with Crippen molar-refractivity contribution in [2.24, 2.45) is 0 Å². The van der Waals surface area contributed by atoms with E-state index in [1.165, 1.54) is 11.3 Å². The highest BCUT2D eigenvalue weighted by Crippen LogP contribution is 2.22. The minimum absolute atomic E-state index is 0.102. The maximum Gasteiger partial charge on any atom is 0.237 e. The molecule has 1 unspecified atom stereocenters. The summed E-state index contributed by atoms with van der Waals surface area (Å²) in [4.78, 5) is 27.1. The Bertz CT molecular complexity index is 894. The first-order valence-electron chi connectivity index (χ1n) is 10.1. The first kappa shape index (κ1) is 19.4. The normalized spacial score (nSPS) is 18.9. The minimum atomic E-state index is -0.486. The smallest absolute Gasteiger partial charge is 0.237 e. The van der Waals surface area contributed by atoms with Crippen molar-refractivity contribution in [1.82, 2.24) is 25.7 Å². The van der Waals surface area contributed by atoms with Crippen LogP contribution in [0.25, 0.3) is 0 Å². The van der Waals surface area contributed by atoms with Gasteiger partial charge in [0.25, 0.3) is 0 Å². The molecule has 1 aliphatic heterocycles. The molecule has 0 bridgehead atoms. The van der Waals surface area contributed by atoms with Gasteiger partial charge in [-0.25, -0.2) is 0 Å². The maximum absolute atomic E-state index is 12.6. The van der Waals surface area contributed by atoms with Gasteiger partial charge in [0.05, 0.1) is 31.8 Å². The van der Waals surface area contributed by atoms with E-state index in [0.717, 1.165) is 36.3 Å². The van der Waals surface area contributed by atoms with Gasteiger partial charge in [0, 0.05) is 25.3 Å². The van der Waals surface area contributed by atoms with Crippen LogP contribution in [0.5, 0.6) is 5.75 Å². The molecule has 1 saturated heterocycles. The number of hydrogen-bond acceptors (Lipinski definition) is 5. The van der Waals surface area contributed by atoms with Crippen LogP contribution in [0.3, 0.4) is 0 Å². The van der Waals surface area contributed by atoms with Crippen molar-refractivity contribution in [3.63, 3.8) is 0 Å². The Morgan fingerprint density at radius 3 is 3.14 bits per heavy atom. The lowest BCUT2D eigenvalue weighted by molar-refractivity contribution is -0.134. The van der Waals surface area contributed by atoms with E-state index in [4.69, 9.17) is 4.74 Å². The van der Waals surface area contributed by atoms with Crippen LogP contribution in [-0.2, 0) is 35.5 Å². The van der Waals surface area contributed by atoms with Crippen LogP contribution in [0.4, 0.5) is 0 Å². The lowest BCUT2D eigenvalue weighted by atomic mass is 10.1. The lowest BCUT2D eigenvalue weighted by Crippen LogP contribution is -2.56. The average Bonchev–Trinajstić information content (AvgIpc) is 3.33. The number of methoxy groups -OCH3 is 1. The van der Waals surface area contributed by atoms with Gasteiger partial charge in [0.15, 0.2) is 0 Å². The van der Waals surface area contributed by atoms with Crippen molar-refractivity contribution in [1.29, 1.82) is 0 Å². The number of aromatic amines is 1. The number of H-pyrrole nitrogens is 1. The van der Waals surface area contributed by atoms with E-state index < -0.39 is 6.04 Å². The Balaban J connectivity index is 1.37. The van der Waals surface area contributed by atoms with Gasteiger partial charge in [-0.1, -0.05) is 12.1 Å². The fourth-order valence-electron chi connectivity index (χ4n) is 4.14. The molecule has 154 valence electrons.